The van der Waals surface area contributed by atoms with Crippen molar-refractivity contribution in [2.24, 2.45) is 0 Å². The molecule has 1 aliphatic heterocycles. The normalized spacial score (nSPS) is 20.5. The maximum Gasteiger partial charge on any atom is 0.411 e. The molecular weight excluding hydrogens is 398 g/mol. The number of benzene rings is 1. The monoisotopic (exact) mass is 418 g/mol. The molecule has 0 saturated carbocycles. The molecule has 1 heterocycles. The van der Waals surface area contributed by atoms with E-state index in [2.05, 4.69) is 21.2 Å². The summed E-state index contributed by atoms with van der Waals surface area (Å²) in [6, 6.07) is 3.33. The van der Waals surface area contributed by atoms with E-state index in [9.17, 15) is 18.4 Å². The molecule has 2 rings (SSSR count). The first kappa shape index (κ1) is 19.6. The Hall–Kier alpha value is -1.70. The second kappa shape index (κ2) is 7.68. The van der Waals surface area contributed by atoms with Crippen molar-refractivity contribution < 1.29 is 23.1 Å². The minimum absolute atomic E-state index is 0.0742. The highest BCUT2D eigenvalue weighted by Crippen LogP contribution is 2.23. The molecule has 1 aromatic carbocycles. The second-order valence-corrected chi connectivity index (χ2v) is 7.89. The van der Waals surface area contributed by atoms with Gasteiger partial charge in [-0.25, -0.2) is 13.6 Å². The van der Waals surface area contributed by atoms with Gasteiger partial charge in [-0.2, -0.15) is 0 Å². The number of carbonyl (C=O) groups is 2. The summed E-state index contributed by atoms with van der Waals surface area (Å²) >= 11 is 3.18. The number of nitrogens with zero attached hydrogens (tertiary/aromatic N) is 1. The fourth-order valence-electron chi connectivity index (χ4n) is 2.58. The van der Waals surface area contributed by atoms with Crippen LogP contribution in [0.1, 0.15) is 32.8 Å². The number of amides is 2. The molecule has 1 saturated heterocycles. The van der Waals surface area contributed by atoms with Gasteiger partial charge in [0.25, 0.3) is 0 Å². The van der Waals surface area contributed by atoms with Crippen LogP contribution in [0.4, 0.5) is 13.6 Å². The van der Waals surface area contributed by atoms with Gasteiger partial charge in [0.2, 0.25) is 5.91 Å². The van der Waals surface area contributed by atoms with E-state index in [0.29, 0.717) is 10.0 Å². The van der Waals surface area contributed by atoms with E-state index in [1.54, 1.807) is 26.8 Å². The molecule has 1 aromatic rings. The molecule has 1 fully saturated rings. The molecule has 25 heavy (non-hydrogen) atoms. The zero-order valence-electron chi connectivity index (χ0n) is 14.3. The highest BCUT2D eigenvalue weighted by Gasteiger charge is 2.41. The smallest absolute Gasteiger partial charge is 0.411 e. The number of alkyl halides is 1. The summed E-state index contributed by atoms with van der Waals surface area (Å²) in [4.78, 5) is 25.7. The third-order valence-corrected chi connectivity index (χ3v) is 4.03. The van der Waals surface area contributed by atoms with Crippen molar-refractivity contribution in [1.29, 1.82) is 0 Å². The Balaban J connectivity index is 2.02. The molecule has 0 radical (unpaired) electrons. The minimum atomic E-state index is -1.29. The molecule has 2 unspecified atom stereocenters. The quantitative estimate of drug-likeness (QED) is 0.816. The molecule has 5 nitrogen and oxygen atoms in total. The zero-order chi connectivity index (χ0) is 18.8. The minimum Gasteiger partial charge on any atom is -0.444 e. The Morgan fingerprint density at radius 2 is 2.04 bits per heavy atom. The molecule has 138 valence electrons. The first-order chi connectivity index (χ1) is 11.5. The lowest BCUT2D eigenvalue weighted by Gasteiger charge is -2.27. The average Bonchev–Trinajstić information content (AvgIpc) is 2.84. The Morgan fingerprint density at radius 1 is 1.36 bits per heavy atom. The van der Waals surface area contributed by atoms with Crippen LogP contribution in [0.2, 0.25) is 0 Å². The third kappa shape index (κ3) is 5.66. The van der Waals surface area contributed by atoms with E-state index in [-0.39, 0.29) is 19.5 Å². The van der Waals surface area contributed by atoms with Gasteiger partial charge >= 0.3 is 6.09 Å². The zero-order valence-corrected chi connectivity index (χ0v) is 15.9. The van der Waals surface area contributed by atoms with Crippen molar-refractivity contribution in [1.82, 2.24) is 10.2 Å². The molecule has 1 N–H and O–H groups in total. The summed E-state index contributed by atoms with van der Waals surface area (Å²) in [5, 5.41) is 2.62. The number of ether oxygens (including phenoxy) is 1. The van der Waals surface area contributed by atoms with Crippen LogP contribution in [0, 0.1) is 5.82 Å². The molecule has 2 atom stereocenters. The van der Waals surface area contributed by atoms with Crippen molar-refractivity contribution in [3.05, 3.63) is 34.1 Å². The third-order valence-electron chi connectivity index (χ3n) is 3.57. The maximum atomic E-state index is 13.8. The number of carbonyl (C=O) groups excluding carboxylic acids is 2. The highest BCUT2D eigenvalue weighted by atomic mass is 79.9. The number of halogens is 3. The van der Waals surface area contributed by atoms with Crippen LogP contribution in [0.5, 0.6) is 0 Å². The van der Waals surface area contributed by atoms with E-state index >= 15 is 0 Å². The number of hydrogen-bond donors (Lipinski definition) is 1. The standard InChI is InChI=1S/C17H21BrF2N2O3/c1-17(2,3)25-16(24)22-9-13(20)7-14(22)15(23)21-8-10-4-11(18)6-12(19)5-10/h4-6,13-14H,7-9H2,1-3H3,(H,21,23). The summed E-state index contributed by atoms with van der Waals surface area (Å²) < 4.78 is 32.9. The first-order valence-electron chi connectivity index (χ1n) is 7.91. The fraction of sp³-hybridized carbons (Fsp3) is 0.529. The van der Waals surface area contributed by atoms with Crippen molar-refractivity contribution in [3.63, 3.8) is 0 Å². The lowest BCUT2D eigenvalue weighted by Crippen LogP contribution is -2.47. The molecule has 0 aromatic heterocycles. The second-order valence-electron chi connectivity index (χ2n) is 6.98. The van der Waals surface area contributed by atoms with Gasteiger partial charge < -0.3 is 10.1 Å². The largest absolute Gasteiger partial charge is 0.444 e. The van der Waals surface area contributed by atoms with Gasteiger partial charge in [-0.05, 0) is 44.5 Å². The van der Waals surface area contributed by atoms with Gasteiger partial charge in [-0.1, -0.05) is 15.9 Å². The van der Waals surface area contributed by atoms with Gasteiger partial charge in [0, 0.05) is 17.4 Å². The average molecular weight is 419 g/mol. The van der Waals surface area contributed by atoms with Crippen LogP contribution < -0.4 is 5.32 Å². The maximum absolute atomic E-state index is 13.8. The van der Waals surface area contributed by atoms with Gasteiger partial charge in [0.1, 0.15) is 23.6 Å². The number of nitrogens with one attached hydrogen (secondary N) is 1. The Bertz CT molecular complexity index is 644. The van der Waals surface area contributed by atoms with Crippen LogP contribution in [0.15, 0.2) is 22.7 Å². The molecule has 0 spiro atoms. The van der Waals surface area contributed by atoms with Gasteiger partial charge in [0.15, 0.2) is 0 Å². The Kier molecular flexibility index (Phi) is 6.03. The number of rotatable bonds is 3. The van der Waals surface area contributed by atoms with Crippen molar-refractivity contribution in [2.45, 2.75) is 51.6 Å². The summed E-state index contributed by atoms with van der Waals surface area (Å²) in [5.74, 6) is -0.926. The summed E-state index contributed by atoms with van der Waals surface area (Å²) in [5.41, 5.74) is -0.181. The molecule has 1 aliphatic rings. The summed E-state index contributed by atoms with van der Waals surface area (Å²) in [7, 11) is 0. The van der Waals surface area contributed by atoms with Gasteiger partial charge in [-0.15, -0.1) is 0 Å². The Labute approximate surface area is 153 Å². The van der Waals surface area contributed by atoms with E-state index < -0.39 is 35.6 Å². The molecule has 8 heteroatoms. The molecular formula is C17H21BrF2N2O3. The van der Waals surface area contributed by atoms with Crippen LogP contribution in [0.3, 0.4) is 0 Å². The van der Waals surface area contributed by atoms with E-state index in [1.165, 1.54) is 12.1 Å². The lowest BCUT2D eigenvalue weighted by atomic mass is 10.1. The van der Waals surface area contributed by atoms with Gasteiger partial charge in [0.05, 0.1) is 6.54 Å². The number of likely N-dealkylation sites (tertiary alicyclic amines) is 1. The van der Waals surface area contributed by atoms with Crippen LogP contribution in [0.25, 0.3) is 0 Å². The van der Waals surface area contributed by atoms with Crippen LogP contribution >= 0.6 is 15.9 Å². The first-order valence-corrected chi connectivity index (χ1v) is 8.71. The summed E-state index contributed by atoms with van der Waals surface area (Å²) in [6.07, 6.45) is -2.09. The number of hydrogen-bond acceptors (Lipinski definition) is 3. The van der Waals surface area contributed by atoms with E-state index in [0.717, 1.165) is 4.90 Å². The fourth-order valence-corrected chi connectivity index (χ4v) is 3.09. The highest BCUT2D eigenvalue weighted by molar-refractivity contribution is 9.10. The van der Waals surface area contributed by atoms with E-state index in [4.69, 9.17) is 4.74 Å². The molecule has 0 aliphatic carbocycles. The molecule has 0 bridgehead atoms. The SMILES string of the molecule is CC(C)(C)OC(=O)N1CC(F)CC1C(=O)NCc1cc(F)cc(Br)c1. The van der Waals surface area contributed by atoms with Crippen LogP contribution in [-0.2, 0) is 16.1 Å². The topological polar surface area (TPSA) is 58.6 Å². The lowest BCUT2D eigenvalue weighted by molar-refractivity contribution is -0.125. The van der Waals surface area contributed by atoms with Crippen molar-refractivity contribution in [3.8, 4) is 0 Å². The molecule has 2 amide bonds. The Morgan fingerprint density at radius 3 is 2.64 bits per heavy atom. The van der Waals surface area contributed by atoms with Crippen molar-refractivity contribution >= 4 is 27.9 Å². The van der Waals surface area contributed by atoms with Gasteiger partial charge in [-0.3, -0.25) is 9.69 Å². The van der Waals surface area contributed by atoms with Crippen molar-refractivity contribution in [2.75, 3.05) is 6.54 Å². The summed E-state index contributed by atoms with van der Waals surface area (Å²) in [6.45, 7) is 4.99. The predicted octanol–water partition coefficient (Wildman–Crippen LogP) is 3.55. The van der Waals surface area contributed by atoms with E-state index in [1.807, 2.05) is 0 Å². The van der Waals surface area contributed by atoms with Crippen LogP contribution in [-0.4, -0.2) is 41.3 Å². The predicted molar refractivity (Wildman–Crippen MR) is 92.2 cm³/mol.